The molecule has 3 aliphatic rings. The van der Waals surface area contributed by atoms with Gasteiger partial charge in [-0.05, 0) is 29.3 Å². The second-order valence-electron chi connectivity index (χ2n) is 11.4. The molecule has 2 aliphatic heterocycles. The lowest BCUT2D eigenvalue weighted by Crippen LogP contribution is -2.49. The van der Waals surface area contributed by atoms with Crippen molar-refractivity contribution in [2.24, 2.45) is 10.8 Å². The van der Waals surface area contributed by atoms with Crippen LogP contribution in [0.5, 0.6) is 0 Å². The number of ketones is 3. The van der Waals surface area contributed by atoms with Crippen molar-refractivity contribution in [3.8, 4) is 0 Å². The molecule has 1 spiro atoms. The number of hydrogen-bond donors (Lipinski definition) is 0. The standard InChI is InChI=1S/C31H25BrN2O5/c1-30(2,3)29(37)26-25(17-8-12-20(13-9-17)34(38)39)31(27(35)21-6-4-5-7-22(21)28(31)36)24-15-10-18-16-19(32)11-14-23(18)33(24)26/h4-16,24-26H,1-3H3/t24-,25-,26+/m0/s1. The third-order valence-corrected chi connectivity index (χ3v) is 8.73. The number of nitrogens with zero attached hydrogens (tertiary/aromatic N) is 2. The van der Waals surface area contributed by atoms with Gasteiger partial charge >= 0.3 is 0 Å². The van der Waals surface area contributed by atoms with Crippen molar-refractivity contribution >= 4 is 50.7 Å². The van der Waals surface area contributed by atoms with E-state index in [1.807, 2.05) is 56.0 Å². The van der Waals surface area contributed by atoms with Crippen molar-refractivity contribution in [1.82, 2.24) is 0 Å². The Bertz CT molecular complexity index is 1580. The van der Waals surface area contributed by atoms with Gasteiger partial charge in [0.2, 0.25) is 0 Å². The van der Waals surface area contributed by atoms with Gasteiger partial charge in [0.25, 0.3) is 5.69 Å². The van der Waals surface area contributed by atoms with Gasteiger partial charge in [-0.15, -0.1) is 0 Å². The lowest BCUT2D eigenvalue weighted by molar-refractivity contribution is -0.384. The van der Waals surface area contributed by atoms with E-state index in [0.29, 0.717) is 16.7 Å². The number of fused-ring (bicyclic) bond motifs is 5. The van der Waals surface area contributed by atoms with Gasteiger partial charge in [0, 0.05) is 44.8 Å². The minimum absolute atomic E-state index is 0.107. The Balaban J connectivity index is 1.68. The molecule has 1 saturated heterocycles. The van der Waals surface area contributed by atoms with E-state index in [4.69, 9.17) is 0 Å². The fraction of sp³-hybridized carbons (Fsp3) is 0.258. The van der Waals surface area contributed by atoms with Crippen LogP contribution in [0.2, 0.25) is 0 Å². The Morgan fingerprint density at radius 3 is 2.15 bits per heavy atom. The maximum Gasteiger partial charge on any atom is 0.269 e. The molecule has 3 atom stereocenters. The molecule has 0 bridgehead atoms. The number of rotatable bonds is 3. The number of halogens is 1. The zero-order chi connectivity index (χ0) is 27.9. The fourth-order valence-electron chi connectivity index (χ4n) is 6.57. The zero-order valence-corrected chi connectivity index (χ0v) is 23.1. The van der Waals surface area contributed by atoms with E-state index in [0.717, 1.165) is 15.7 Å². The number of benzene rings is 3. The Labute approximate surface area is 233 Å². The smallest absolute Gasteiger partial charge is 0.269 e. The highest BCUT2D eigenvalue weighted by Crippen LogP contribution is 2.61. The van der Waals surface area contributed by atoms with Crippen LogP contribution >= 0.6 is 15.9 Å². The maximum atomic E-state index is 14.5. The minimum atomic E-state index is -1.62. The summed E-state index contributed by atoms with van der Waals surface area (Å²) < 4.78 is 0.865. The Hall–Kier alpha value is -3.91. The lowest BCUT2D eigenvalue weighted by atomic mass is 9.63. The van der Waals surface area contributed by atoms with Crippen LogP contribution in [0.25, 0.3) is 6.08 Å². The summed E-state index contributed by atoms with van der Waals surface area (Å²) in [6, 6.07) is 16.8. The van der Waals surface area contributed by atoms with Gasteiger partial charge < -0.3 is 4.90 Å². The van der Waals surface area contributed by atoms with Gasteiger partial charge in [0.1, 0.15) is 5.41 Å². The van der Waals surface area contributed by atoms with Crippen LogP contribution in [0, 0.1) is 20.9 Å². The molecule has 0 radical (unpaired) electrons. The predicted octanol–water partition coefficient (Wildman–Crippen LogP) is 6.41. The Kier molecular flexibility index (Phi) is 5.56. The van der Waals surface area contributed by atoms with Crippen molar-refractivity contribution in [3.05, 3.63) is 110 Å². The van der Waals surface area contributed by atoms with Gasteiger partial charge in [0.05, 0.1) is 17.0 Å². The molecule has 196 valence electrons. The van der Waals surface area contributed by atoms with E-state index < -0.39 is 33.8 Å². The van der Waals surface area contributed by atoms with E-state index in [2.05, 4.69) is 15.9 Å². The van der Waals surface area contributed by atoms with Crippen LogP contribution in [-0.2, 0) is 4.79 Å². The van der Waals surface area contributed by atoms with Crippen LogP contribution in [0.4, 0.5) is 11.4 Å². The molecule has 0 saturated carbocycles. The van der Waals surface area contributed by atoms with Gasteiger partial charge in [-0.3, -0.25) is 24.5 Å². The first-order valence-corrected chi connectivity index (χ1v) is 13.5. The molecule has 39 heavy (non-hydrogen) atoms. The molecular weight excluding hydrogens is 560 g/mol. The zero-order valence-electron chi connectivity index (χ0n) is 21.6. The van der Waals surface area contributed by atoms with Gasteiger partial charge in [-0.2, -0.15) is 0 Å². The number of carbonyl (C=O) groups excluding carboxylic acids is 3. The van der Waals surface area contributed by atoms with Gasteiger partial charge in [0.15, 0.2) is 17.3 Å². The van der Waals surface area contributed by atoms with E-state index in [1.165, 1.54) is 12.1 Å². The number of hydrogen-bond acceptors (Lipinski definition) is 6. The van der Waals surface area contributed by atoms with Crippen LogP contribution in [0.3, 0.4) is 0 Å². The molecule has 3 aromatic rings. The summed E-state index contributed by atoms with van der Waals surface area (Å²) in [6.45, 7) is 5.49. The molecule has 0 aromatic heterocycles. The fourth-order valence-corrected chi connectivity index (χ4v) is 6.95. The summed E-state index contributed by atoms with van der Waals surface area (Å²) >= 11 is 3.52. The SMILES string of the molecule is CC(C)(C)C(=O)[C@H]1[C@H](c2ccc([N+](=O)[O-])cc2)C2(C(=O)c3ccccc3C2=O)[C@@H]2C=Cc3cc(Br)ccc3N21. The van der Waals surface area contributed by atoms with E-state index in [-0.39, 0.29) is 23.0 Å². The Morgan fingerprint density at radius 2 is 1.59 bits per heavy atom. The first-order valence-electron chi connectivity index (χ1n) is 12.7. The third kappa shape index (κ3) is 3.44. The summed E-state index contributed by atoms with van der Waals surface area (Å²) in [6.07, 6.45) is 3.77. The van der Waals surface area contributed by atoms with Gasteiger partial charge in [-0.25, -0.2) is 0 Å². The monoisotopic (exact) mass is 584 g/mol. The number of nitro benzene ring substituents is 1. The molecule has 0 amide bonds. The van der Waals surface area contributed by atoms with Gasteiger partial charge in [-0.1, -0.05) is 85.3 Å². The van der Waals surface area contributed by atoms with E-state index in [1.54, 1.807) is 36.4 Å². The minimum Gasteiger partial charge on any atom is -0.352 e. The van der Waals surface area contributed by atoms with E-state index in [9.17, 15) is 24.5 Å². The van der Waals surface area contributed by atoms with Crippen molar-refractivity contribution in [2.75, 3.05) is 4.90 Å². The molecule has 0 N–H and O–H groups in total. The first kappa shape index (κ1) is 25.4. The summed E-state index contributed by atoms with van der Waals surface area (Å²) in [4.78, 5) is 56.3. The highest BCUT2D eigenvalue weighted by Gasteiger charge is 2.71. The van der Waals surface area contributed by atoms with Crippen LogP contribution in [-0.4, -0.2) is 34.4 Å². The molecule has 1 fully saturated rings. The van der Waals surface area contributed by atoms with Crippen molar-refractivity contribution in [1.29, 1.82) is 0 Å². The molecule has 0 unspecified atom stereocenters. The number of carbonyl (C=O) groups is 3. The van der Waals surface area contributed by atoms with Crippen molar-refractivity contribution in [3.63, 3.8) is 0 Å². The summed E-state index contributed by atoms with van der Waals surface area (Å²) in [5.74, 6) is -1.64. The summed E-state index contributed by atoms with van der Waals surface area (Å²) in [7, 11) is 0. The first-order chi connectivity index (χ1) is 18.5. The summed E-state index contributed by atoms with van der Waals surface area (Å²) in [5, 5.41) is 11.4. The molecule has 3 aromatic carbocycles. The van der Waals surface area contributed by atoms with Crippen molar-refractivity contribution in [2.45, 2.75) is 38.8 Å². The highest BCUT2D eigenvalue weighted by molar-refractivity contribution is 9.10. The third-order valence-electron chi connectivity index (χ3n) is 8.24. The second-order valence-corrected chi connectivity index (χ2v) is 12.3. The predicted molar refractivity (Wildman–Crippen MR) is 151 cm³/mol. The average Bonchev–Trinajstić information content (AvgIpc) is 3.33. The Morgan fingerprint density at radius 1 is 0.974 bits per heavy atom. The number of Topliss-reactive ketones (excluding diaryl/α,β-unsaturated/α-hetero) is 3. The normalized spacial score (nSPS) is 22.6. The van der Waals surface area contributed by atoms with Crippen LogP contribution in [0.1, 0.15) is 58.5 Å². The number of anilines is 1. The van der Waals surface area contributed by atoms with Crippen molar-refractivity contribution < 1.29 is 19.3 Å². The topological polar surface area (TPSA) is 97.6 Å². The second kappa shape index (κ2) is 8.55. The number of non-ortho nitro benzene ring substituents is 1. The lowest BCUT2D eigenvalue weighted by Gasteiger charge is -2.38. The van der Waals surface area contributed by atoms with E-state index >= 15 is 0 Å². The average molecular weight is 585 g/mol. The molecular formula is C31H25BrN2O5. The molecule has 2 heterocycles. The van der Waals surface area contributed by atoms with Crippen LogP contribution < -0.4 is 4.90 Å². The quantitative estimate of drug-likeness (QED) is 0.200. The molecule has 7 nitrogen and oxygen atoms in total. The molecule has 1 aliphatic carbocycles. The summed E-state index contributed by atoms with van der Waals surface area (Å²) in [5.41, 5.74) is 0.321. The largest absolute Gasteiger partial charge is 0.352 e. The molecule has 6 rings (SSSR count). The molecule has 8 heteroatoms. The maximum absolute atomic E-state index is 14.5. The highest BCUT2D eigenvalue weighted by atomic mass is 79.9. The number of nitro groups is 1. The van der Waals surface area contributed by atoms with Crippen LogP contribution in [0.15, 0.2) is 77.3 Å².